The Morgan fingerprint density at radius 2 is 2.19 bits per heavy atom. The molecule has 0 aliphatic rings. The second-order valence-corrected chi connectivity index (χ2v) is 4.38. The van der Waals surface area contributed by atoms with Gasteiger partial charge in [-0.15, -0.1) is 0 Å². The molecule has 0 aliphatic carbocycles. The predicted molar refractivity (Wildman–Crippen MR) is 78.4 cm³/mol. The van der Waals surface area contributed by atoms with Gasteiger partial charge in [0.25, 0.3) is 11.6 Å². The lowest BCUT2D eigenvalue weighted by Crippen LogP contribution is -2.14. The highest BCUT2D eigenvalue weighted by Gasteiger charge is 2.21. The zero-order chi connectivity index (χ0) is 15.4. The number of nitro groups is 1. The molecule has 0 radical (unpaired) electrons. The molecule has 0 unspecified atom stereocenters. The van der Waals surface area contributed by atoms with Crippen molar-refractivity contribution < 1.29 is 9.72 Å². The highest BCUT2D eigenvalue weighted by atomic mass is 16.6. The lowest BCUT2D eigenvalue weighted by Gasteiger charge is -2.07. The van der Waals surface area contributed by atoms with Gasteiger partial charge in [-0.3, -0.25) is 19.6 Å². The maximum absolute atomic E-state index is 12.2. The molecule has 1 amide bonds. The first-order chi connectivity index (χ1) is 10.0. The third-order valence-corrected chi connectivity index (χ3v) is 2.78. The molecule has 0 fully saturated rings. The Morgan fingerprint density at radius 3 is 2.76 bits per heavy atom. The number of amides is 1. The normalized spacial score (nSPS) is 10.2. The molecule has 21 heavy (non-hydrogen) atoms. The molecule has 2 N–H and O–H groups in total. The van der Waals surface area contributed by atoms with E-state index in [0.29, 0.717) is 17.9 Å². The number of nitrogens with zero attached hydrogens (tertiary/aromatic N) is 3. The summed E-state index contributed by atoms with van der Waals surface area (Å²) in [6.45, 7) is 2.55. The lowest BCUT2D eigenvalue weighted by molar-refractivity contribution is -0.385. The summed E-state index contributed by atoms with van der Waals surface area (Å²) in [6.07, 6.45) is 3.08. The van der Waals surface area contributed by atoms with Gasteiger partial charge in [0.1, 0.15) is 5.56 Å². The summed E-state index contributed by atoms with van der Waals surface area (Å²) in [5, 5.41) is 20.6. The molecule has 1 aromatic heterocycles. The minimum Gasteiger partial charge on any atom is -0.385 e. The number of nitro benzene ring substituents is 1. The number of aryl methyl sites for hydroxylation is 1. The molecule has 1 heterocycles. The van der Waals surface area contributed by atoms with E-state index in [2.05, 4.69) is 15.7 Å². The van der Waals surface area contributed by atoms with E-state index >= 15 is 0 Å². The number of aromatic nitrogens is 2. The number of carbonyl (C=O) groups is 1. The van der Waals surface area contributed by atoms with E-state index in [9.17, 15) is 14.9 Å². The van der Waals surface area contributed by atoms with E-state index in [1.165, 1.54) is 23.0 Å². The SMILES string of the molecule is CCNc1ccc([N+](=O)[O-])c(C(=O)Nc2cnn(C)c2)c1. The fourth-order valence-corrected chi connectivity index (χ4v) is 1.88. The molecule has 0 saturated carbocycles. The van der Waals surface area contributed by atoms with Gasteiger partial charge >= 0.3 is 0 Å². The van der Waals surface area contributed by atoms with Crippen molar-refractivity contribution in [2.45, 2.75) is 6.92 Å². The number of nitrogens with one attached hydrogen (secondary N) is 2. The van der Waals surface area contributed by atoms with Crippen LogP contribution in [0.1, 0.15) is 17.3 Å². The van der Waals surface area contributed by atoms with E-state index in [0.717, 1.165) is 0 Å². The Balaban J connectivity index is 2.32. The van der Waals surface area contributed by atoms with Crippen LogP contribution in [-0.2, 0) is 7.05 Å². The molecular formula is C13H15N5O3. The fourth-order valence-electron chi connectivity index (χ4n) is 1.88. The van der Waals surface area contributed by atoms with Gasteiger partial charge in [0.05, 0.1) is 16.8 Å². The van der Waals surface area contributed by atoms with E-state index in [1.807, 2.05) is 6.92 Å². The fraction of sp³-hybridized carbons (Fsp3) is 0.231. The highest BCUT2D eigenvalue weighted by molar-refractivity contribution is 6.07. The monoisotopic (exact) mass is 289 g/mol. The summed E-state index contributed by atoms with van der Waals surface area (Å²) < 4.78 is 1.53. The average molecular weight is 289 g/mol. The Morgan fingerprint density at radius 1 is 1.43 bits per heavy atom. The molecule has 1 aromatic carbocycles. The first-order valence-corrected chi connectivity index (χ1v) is 6.33. The minimum absolute atomic E-state index is 0.00213. The van der Waals surface area contributed by atoms with Crippen LogP contribution in [0.15, 0.2) is 30.6 Å². The van der Waals surface area contributed by atoms with Gasteiger partial charge in [0.2, 0.25) is 0 Å². The first kappa shape index (κ1) is 14.5. The van der Waals surface area contributed by atoms with Gasteiger partial charge in [-0.25, -0.2) is 0 Å². The van der Waals surface area contributed by atoms with Crippen LogP contribution in [0.25, 0.3) is 0 Å². The molecule has 0 saturated heterocycles. The second-order valence-electron chi connectivity index (χ2n) is 4.38. The molecule has 0 aliphatic heterocycles. The summed E-state index contributed by atoms with van der Waals surface area (Å²) in [7, 11) is 1.71. The summed E-state index contributed by atoms with van der Waals surface area (Å²) in [4.78, 5) is 22.7. The Bertz CT molecular complexity index is 680. The van der Waals surface area contributed by atoms with Crippen molar-refractivity contribution >= 4 is 23.0 Å². The van der Waals surface area contributed by atoms with Crippen molar-refractivity contribution in [3.63, 3.8) is 0 Å². The van der Waals surface area contributed by atoms with Crippen LogP contribution >= 0.6 is 0 Å². The van der Waals surface area contributed by atoms with Gasteiger partial charge in [-0.2, -0.15) is 5.10 Å². The van der Waals surface area contributed by atoms with Gasteiger partial charge in [-0.05, 0) is 19.1 Å². The third-order valence-electron chi connectivity index (χ3n) is 2.78. The first-order valence-electron chi connectivity index (χ1n) is 6.33. The van der Waals surface area contributed by atoms with Crippen LogP contribution < -0.4 is 10.6 Å². The molecule has 0 spiro atoms. The number of hydrogen-bond donors (Lipinski definition) is 2. The topological polar surface area (TPSA) is 102 Å². The Kier molecular flexibility index (Phi) is 4.17. The zero-order valence-corrected chi connectivity index (χ0v) is 11.7. The molecule has 8 nitrogen and oxygen atoms in total. The summed E-state index contributed by atoms with van der Waals surface area (Å²) in [5.74, 6) is -0.547. The minimum atomic E-state index is -0.576. The maximum Gasteiger partial charge on any atom is 0.282 e. The van der Waals surface area contributed by atoms with Crippen molar-refractivity contribution in [3.8, 4) is 0 Å². The Hall–Kier alpha value is -2.90. The number of rotatable bonds is 5. The summed E-state index contributed by atoms with van der Waals surface area (Å²) >= 11 is 0. The number of anilines is 2. The molecule has 8 heteroatoms. The maximum atomic E-state index is 12.2. The van der Waals surface area contributed by atoms with Crippen LogP contribution in [0, 0.1) is 10.1 Å². The van der Waals surface area contributed by atoms with Crippen molar-refractivity contribution in [2.24, 2.45) is 7.05 Å². The molecule has 0 bridgehead atoms. The Labute approximate surface area is 120 Å². The largest absolute Gasteiger partial charge is 0.385 e. The van der Waals surface area contributed by atoms with E-state index in [4.69, 9.17) is 0 Å². The summed E-state index contributed by atoms with van der Waals surface area (Å²) in [6, 6.07) is 4.35. The van der Waals surface area contributed by atoms with Crippen molar-refractivity contribution in [1.82, 2.24) is 9.78 Å². The van der Waals surface area contributed by atoms with Crippen molar-refractivity contribution in [1.29, 1.82) is 0 Å². The molecule has 2 aromatic rings. The van der Waals surface area contributed by atoms with Crippen molar-refractivity contribution in [2.75, 3.05) is 17.2 Å². The van der Waals surface area contributed by atoms with Gasteiger partial charge in [0.15, 0.2) is 0 Å². The highest BCUT2D eigenvalue weighted by Crippen LogP contribution is 2.23. The van der Waals surface area contributed by atoms with Gasteiger partial charge in [0, 0.05) is 31.5 Å². The van der Waals surface area contributed by atoms with E-state index in [-0.39, 0.29) is 11.3 Å². The second kappa shape index (κ2) is 6.04. The molecule has 2 rings (SSSR count). The van der Waals surface area contributed by atoms with Crippen LogP contribution in [0.2, 0.25) is 0 Å². The average Bonchev–Trinajstić information content (AvgIpc) is 2.84. The predicted octanol–water partition coefficient (Wildman–Crippen LogP) is 2.01. The molecule has 0 atom stereocenters. The van der Waals surface area contributed by atoms with Crippen LogP contribution in [0.4, 0.5) is 17.1 Å². The van der Waals surface area contributed by atoms with Crippen LogP contribution in [-0.4, -0.2) is 27.2 Å². The van der Waals surface area contributed by atoms with Gasteiger partial charge in [-0.1, -0.05) is 0 Å². The quantitative estimate of drug-likeness (QED) is 0.647. The number of hydrogen-bond acceptors (Lipinski definition) is 5. The van der Waals surface area contributed by atoms with Crippen LogP contribution in [0.3, 0.4) is 0 Å². The summed E-state index contributed by atoms with van der Waals surface area (Å²) in [5.41, 5.74) is 0.894. The lowest BCUT2D eigenvalue weighted by atomic mass is 10.1. The standard InChI is InChI=1S/C13H15N5O3/c1-3-14-9-4-5-12(18(20)21)11(6-9)13(19)16-10-7-15-17(2)8-10/h4-8,14H,3H2,1-2H3,(H,16,19). The van der Waals surface area contributed by atoms with Gasteiger partial charge < -0.3 is 10.6 Å². The number of carbonyl (C=O) groups excluding carboxylic acids is 1. The number of benzene rings is 1. The molecular weight excluding hydrogens is 274 g/mol. The van der Waals surface area contributed by atoms with E-state index in [1.54, 1.807) is 19.3 Å². The van der Waals surface area contributed by atoms with Crippen molar-refractivity contribution in [3.05, 3.63) is 46.3 Å². The van der Waals surface area contributed by atoms with E-state index < -0.39 is 10.8 Å². The zero-order valence-electron chi connectivity index (χ0n) is 11.7. The smallest absolute Gasteiger partial charge is 0.282 e. The third kappa shape index (κ3) is 3.35. The molecule has 110 valence electrons. The van der Waals surface area contributed by atoms with Crippen LogP contribution in [0.5, 0.6) is 0 Å².